The van der Waals surface area contributed by atoms with E-state index in [-0.39, 0.29) is 17.7 Å². The van der Waals surface area contributed by atoms with Crippen LogP contribution in [0.25, 0.3) is 0 Å². The normalized spacial score (nSPS) is 17.0. The Morgan fingerprint density at radius 3 is 2.76 bits per heavy atom. The zero-order chi connectivity index (χ0) is 18.0. The molecule has 25 heavy (non-hydrogen) atoms. The molecule has 134 valence electrons. The van der Waals surface area contributed by atoms with Crippen LogP contribution in [0.15, 0.2) is 17.5 Å². The fourth-order valence-electron chi connectivity index (χ4n) is 3.55. The molecule has 0 aromatic carbocycles. The van der Waals surface area contributed by atoms with Gasteiger partial charge in [-0.1, -0.05) is 32.8 Å². The molecule has 0 fully saturated rings. The average Bonchev–Trinajstić information content (AvgIpc) is 3.24. The molecule has 4 nitrogen and oxygen atoms in total. The van der Waals surface area contributed by atoms with Crippen molar-refractivity contribution < 1.29 is 14.3 Å². The molecule has 1 unspecified atom stereocenters. The highest BCUT2D eigenvalue weighted by atomic mass is 32.1. The summed E-state index contributed by atoms with van der Waals surface area (Å²) in [5.41, 5.74) is 2.75. The van der Waals surface area contributed by atoms with E-state index in [0.717, 1.165) is 30.5 Å². The molecule has 2 aromatic rings. The maximum atomic E-state index is 12.6. The molecule has 0 saturated carbocycles. The van der Waals surface area contributed by atoms with Gasteiger partial charge >= 0.3 is 5.97 Å². The summed E-state index contributed by atoms with van der Waals surface area (Å²) in [5, 5.41) is 2.04. The van der Waals surface area contributed by atoms with Gasteiger partial charge in [0, 0.05) is 28.5 Å². The molecule has 0 saturated heterocycles. The van der Waals surface area contributed by atoms with Crippen LogP contribution in [-0.4, -0.2) is 23.3 Å². The van der Waals surface area contributed by atoms with Crippen molar-refractivity contribution >= 4 is 23.1 Å². The maximum absolute atomic E-state index is 12.6. The lowest BCUT2D eigenvalue weighted by atomic mass is 9.84. The van der Waals surface area contributed by atoms with Crippen LogP contribution in [0.4, 0.5) is 0 Å². The highest BCUT2D eigenvalue weighted by molar-refractivity contribution is 7.10. The summed E-state index contributed by atoms with van der Waals surface area (Å²) in [4.78, 5) is 29.5. The van der Waals surface area contributed by atoms with Gasteiger partial charge in [-0.15, -0.1) is 11.3 Å². The van der Waals surface area contributed by atoms with Gasteiger partial charge < -0.3 is 9.72 Å². The fourth-order valence-corrected chi connectivity index (χ4v) is 4.38. The predicted molar refractivity (Wildman–Crippen MR) is 99.6 cm³/mol. The van der Waals surface area contributed by atoms with Gasteiger partial charge in [-0.25, -0.2) is 4.79 Å². The highest BCUT2D eigenvalue weighted by Gasteiger charge is 2.32. The predicted octanol–water partition coefficient (Wildman–Crippen LogP) is 4.89. The molecule has 0 spiro atoms. The number of carbonyl (C=O) groups excluding carboxylic acids is 2. The minimum Gasteiger partial charge on any atom is -0.461 e. The number of esters is 1. The largest absolute Gasteiger partial charge is 0.461 e. The molecule has 1 aliphatic carbocycles. The zero-order valence-electron chi connectivity index (χ0n) is 15.1. The Balaban J connectivity index is 1.79. The minimum absolute atomic E-state index is 0.118. The lowest BCUT2D eigenvalue weighted by Gasteiger charge is -2.20. The second-order valence-corrected chi connectivity index (χ2v) is 7.78. The first-order chi connectivity index (χ1) is 12.0. The van der Waals surface area contributed by atoms with Crippen molar-refractivity contribution in [3.05, 3.63) is 44.9 Å². The Labute approximate surface area is 152 Å². The summed E-state index contributed by atoms with van der Waals surface area (Å²) >= 11 is 1.68. The van der Waals surface area contributed by atoms with E-state index in [9.17, 15) is 9.59 Å². The average molecular weight is 359 g/mol. The third-order valence-corrected chi connectivity index (χ3v) is 6.28. The van der Waals surface area contributed by atoms with E-state index in [4.69, 9.17) is 4.74 Å². The van der Waals surface area contributed by atoms with Gasteiger partial charge in [-0.05, 0) is 36.3 Å². The first kappa shape index (κ1) is 17.9. The highest BCUT2D eigenvalue weighted by Crippen LogP contribution is 2.36. The van der Waals surface area contributed by atoms with Gasteiger partial charge in [0.25, 0.3) is 0 Å². The second kappa shape index (κ2) is 7.56. The summed E-state index contributed by atoms with van der Waals surface area (Å²) in [6.45, 7) is 6.47. The van der Waals surface area contributed by atoms with Crippen molar-refractivity contribution in [1.29, 1.82) is 0 Å². The lowest BCUT2D eigenvalue weighted by Crippen LogP contribution is -2.17. The van der Waals surface area contributed by atoms with E-state index >= 15 is 0 Å². The van der Waals surface area contributed by atoms with E-state index in [1.807, 2.05) is 18.4 Å². The molecular formula is C20H25NO3S. The molecule has 1 aliphatic rings. The number of H-pyrrole nitrogens is 1. The summed E-state index contributed by atoms with van der Waals surface area (Å²) < 4.78 is 5.49. The molecule has 0 bridgehead atoms. The smallest absolute Gasteiger partial charge is 0.355 e. The summed E-state index contributed by atoms with van der Waals surface area (Å²) in [6, 6.07) is 4.09. The summed E-state index contributed by atoms with van der Waals surface area (Å²) in [6.07, 6.45) is 3.26. The van der Waals surface area contributed by atoms with Crippen LogP contribution in [0.2, 0.25) is 0 Å². The van der Waals surface area contributed by atoms with E-state index < -0.39 is 0 Å². The van der Waals surface area contributed by atoms with Gasteiger partial charge in [0.05, 0.1) is 6.61 Å². The molecular weight excluding hydrogens is 334 g/mol. The number of fused-ring (bicyclic) bond motifs is 1. The van der Waals surface area contributed by atoms with Crippen molar-refractivity contribution in [2.75, 3.05) is 6.61 Å². The number of ether oxygens (including phenoxy) is 1. The number of aromatic amines is 1. The van der Waals surface area contributed by atoms with Gasteiger partial charge in [-0.2, -0.15) is 0 Å². The molecule has 1 atom stereocenters. The molecule has 0 radical (unpaired) electrons. The number of carbonyl (C=O) groups is 2. The summed E-state index contributed by atoms with van der Waals surface area (Å²) in [5.74, 6) is 0.358. The number of hydrogen-bond donors (Lipinski definition) is 1. The Morgan fingerprint density at radius 1 is 1.36 bits per heavy atom. The van der Waals surface area contributed by atoms with Crippen molar-refractivity contribution in [1.82, 2.24) is 4.98 Å². The van der Waals surface area contributed by atoms with Crippen LogP contribution in [0, 0.1) is 12.8 Å². The zero-order valence-corrected chi connectivity index (χ0v) is 15.9. The number of rotatable bonds is 6. The molecule has 2 aromatic heterocycles. The van der Waals surface area contributed by atoms with Crippen LogP contribution in [0.1, 0.15) is 76.0 Å². The Bertz CT molecular complexity index is 756. The molecule has 0 aliphatic heterocycles. The van der Waals surface area contributed by atoms with Gasteiger partial charge in [-0.3, -0.25) is 4.79 Å². The number of thiophene rings is 1. The Morgan fingerprint density at radius 2 is 2.12 bits per heavy atom. The number of ketones is 1. The third-order valence-electron chi connectivity index (χ3n) is 5.24. The van der Waals surface area contributed by atoms with Gasteiger partial charge in [0.1, 0.15) is 5.69 Å². The SMILES string of the molecule is CCC(CC)COC(=O)c1[nH]c2c(c1C)C(=O)CC(c1cccs1)C2. The molecule has 1 N–H and O–H groups in total. The second-order valence-electron chi connectivity index (χ2n) is 6.80. The topological polar surface area (TPSA) is 59.2 Å². The van der Waals surface area contributed by atoms with Crippen molar-refractivity contribution in [2.45, 2.75) is 52.4 Å². The summed E-state index contributed by atoms with van der Waals surface area (Å²) in [7, 11) is 0. The number of aromatic nitrogens is 1. The van der Waals surface area contributed by atoms with Crippen LogP contribution >= 0.6 is 11.3 Å². The quantitative estimate of drug-likeness (QED) is 0.747. The number of nitrogens with one attached hydrogen (secondary N) is 1. The minimum atomic E-state index is -0.348. The third kappa shape index (κ3) is 3.56. The van der Waals surface area contributed by atoms with Crippen molar-refractivity contribution in [3.63, 3.8) is 0 Å². The first-order valence-electron chi connectivity index (χ1n) is 9.00. The monoisotopic (exact) mass is 359 g/mol. The Kier molecular flexibility index (Phi) is 5.42. The van der Waals surface area contributed by atoms with E-state index in [0.29, 0.717) is 30.2 Å². The van der Waals surface area contributed by atoms with Crippen LogP contribution in [0.3, 0.4) is 0 Å². The van der Waals surface area contributed by atoms with Crippen molar-refractivity contribution in [3.8, 4) is 0 Å². The lowest BCUT2D eigenvalue weighted by molar-refractivity contribution is 0.0426. The standard InChI is InChI=1S/C20H25NO3S/c1-4-13(5-2)11-24-20(23)19-12(3)18-15(21-19)9-14(10-16(18)22)17-7-6-8-25-17/h6-8,13-14,21H,4-5,9-11H2,1-3H3. The Hall–Kier alpha value is -1.88. The molecule has 5 heteroatoms. The molecule has 3 rings (SSSR count). The van der Waals surface area contributed by atoms with Gasteiger partial charge in [0.2, 0.25) is 0 Å². The van der Waals surface area contributed by atoms with Crippen LogP contribution in [0.5, 0.6) is 0 Å². The van der Waals surface area contributed by atoms with E-state index in [1.54, 1.807) is 11.3 Å². The maximum Gasteiger partial charge on any atom is 0.355 e. The first-order valence-corrected chi connectivity index (χ1v) is 9.88. The van der Waals surface area contributed by atoms with Crippen molar-refractivity contribution in [2.24, 2.45) is 5.92 Å². The van der Waals surface area contributed by atoms with Crippen LogP contribution in [-0.2, 0) is 11.2 Å². The number of hydrogen-bond acceptors (Lipinski definition) is 4. The molecule has 2 heterocycles. The number of Topliss-reactive ketones (excluding diaryl/α,β-unsaturated/α-hetero) is 1. The van der Waals surface area contributed by atoms with E-state index in [2.05, 4.69) is 24.9 Å². The molecule has 0 amide bonds. The van der Waals surface area contributed by atoms with E-state index in [1.165, 1.54) is 4.88 Å². The fraction of sp³-hybridized carbons (Fsp3) is 0.500. The van der Waals surface area contributed by atoms with Gasteiger partial charge in [0.15, 0.2) is 5.78 Å². The van der Waals surface area contributed by atoms with Crippen LogP contribution < -0.4 is 0 Å².